The number of benzene rings is 2. The standard InChI is InChI=1S/C27H21BrF3N3O6S2/c28-14-4-5-17(40-12-18(35)33-6-8-39-9-7-33)16(11-14)19-20-22(41-23-21(19)42-26(38)32-23)25(37)34(24(20)36)15-3-1-2-13(10-15)27(29,30)31/h1-5,10-11,19-20,22H,6-9,12H2,(H,32,38)/t19-,20?,22?/m1/s1. The van der Waals surface area contributed by atoms with Crippen LogP contribution in [0, 0.1) is 5.92 Å². The molecule has 9 nitrogen and oxygen atoms in total. The van der Waals surface area contributed by atoms with Crippen molar-refractivity contribution in [1.82, 2.24) is 9.88 Å². The van der Waals surface area contributed by atoms with E-state index in [-0.39, 0.29) is 28.8 Å². The minimum Gasteiger partial charge on any atom is -0.483 e. The third-order valence-corrected chi connectivity index (χ3v) is 10.2. The van der Waals surface area contributed by atoms with Gasteiger partial charge in [0.25, 0.3) is 5.91 Å². The Morgan fingerprint density at radius 2 is 1.86 bits per heavy atom. The number of fused-ring (bicyclic) bond motifs is 2. The third-order valence-electron chi connectivity index (χ3n) is 7.28. The van der Waals surface area contributed by atoms with Crippen LogP contribution in [0.1, 0.15) is 21.9 Å². The SMILES string of the molecule is O=C(COc1ccc(Br)cc1[C@H]1c2sc(=O)[nH]c2SC2C(=O)N(c3cccc(C(F)(F)F)c3)C(=O)C21)N1CCOCC1. The van der Waals surface area contributed by atoms with Gasteiger partial charge in [-0.05, 0) is 36.4 Å². The number of anilines is 1. The van der Waals surface area contributed by atoms with E-state index >= 15 is 0 Å². The number of rotatable bonds is 5. The van der Waals surface area contributed by atoms with E-state index in [1.54, 1.807) is 23.1 Å². The number of thiazole rings is 1. The third kappa shape index (κ3) is 5.27. The van der Waals surface area contributed by atoms with Crippen molar-refractivity contribution in [3.63, 3.8) is 0 Å². The molecule has 6 rings (SSSR count). The highest BCUT2D eigenvalue weighted by molar-refractivity contribution is 9.10. The quantitative estimate of drug-likeness (QED) is 0.401. The number of aromatic nitrogens is 1. The minimum absolute atomic E-state index is 0.188. The fourth-order valence-electron chi connectivity index (χ4n) is 5.37. The molecule has 1 N–H and O–H groups in total. The number of imide groups is 1. The van der Waals surface area contributed by atoms with Crippen LogP contribution in [0.15, 0.2) is 56.8 Å². The first-order chi connectivity index (χ1) is 20.0. The Balaban J connectivity index is 1.39. The van der Waals surface area contributed by atoms with Crippen LogP contribution >= 0.6 is 39.0 Å². The van der Waals surface area contributed by atoms with Crippen LogP contribution < -0.4 is 14.5 Å². The Kier molecular flexibility index (Phi) is 7.70. The van der Waals surface area contributed by atoms with Crippen molar-refractivity contribution in [3.8, 4) is 5.75 Å². The molecule has 2 fully saturated rings. The molecule has 15 heteroatoms. The van der Waals surface area contributed by atoms with E-state index in [9.17, 15) is 32.3 Å². The van der Waals surface area contributed by atoms with Crippen LogP contribution in [-0.2, 0) is 25.3 Å². The Bertz CT molecular complexity index is 1640. The van der Waals surface area contributed by atoms with Crippen molar-refractivity contribution in [2.75, 3.05) is 37.8 Å². The van der Waals surface area contributed by atoms with Gasteiger partial charge in [-0.15, -0.1) is 0 Å². The molecule has 2 aromatic carbocycles. The summed E-state index contributed by atoms with van der Waals surface area (Å²) in [6, 6.07) is 9.09. The molecular formula is C27H21BrF3N3O6S2. The summed E-state index contributed by atoms with van der Waals surface area (Å²) in [5.74, 6) is -3.25. The van der Waals surface area contributed by atoms with Crippen LogP contribution in [0.4, 0.5) is 18.9 Å². The molecule has 220 valence electrons. The van der Waals surface area contributed by atoms with Crippen LogP contribution in [0.2, 0.25) is 0 Å². The van der Waals surface area contributed by atoms with Crippen LogP contribution in [0.5, 0.6) is 5.75 Å². The van der Waals surface area contributed by atoms with E-state index in [4.69, 9.17) is 9.47 Å². The van der Waals surface area contributed by atoms with Gasteiger partial charge in [-0.3, -0.25) is 19.2 Å². The molecule has 1 aromatic heterocycles. The molecular weight excluding hydrogens is 663 g/mol. The molecule has 3 atom stereocenters. The number of ether oxygens (including phenoxy) is 2. The summed E-state index contributed by atoms with van der Waals surface area (Å²) in [5.41, 5.74) is -0.721. The van der Waals surface area contributed by atoms with Gasteiger partial charge in [-0.1, -0.05) is 45.1 Å². The molecule has 3 aliphatic rings. The molecule has 3 aliphatic heterocycles. The Hall–Kier alpha value is -3.14. The zero-order valence-electron chi connectivity index (χ0n) is 21.5. The lowest BCUT2D eigenvalue weighted by Gasteiger charge is -2.31. The van der Waals surface area contributed by atoms with E-state index in [0.717, 1.165) is 46.2 Å². The number of carbonyl (C=O) groups excluding carboxylic acids is 3. The van der Waals surface area contributed by atoms with Gasteiger partial charge in [-0.25, -0.2) is 4.90 Å². The molecule has 42 heavy (non-hydrogen) atoms. The lowest BCUT2D eigenvalue weighted by Crippen LogP contribution is -2.43. The minimum atomic E-state index is -4.67. The maximum atomic E-state index is 14.0. The summed E-state index contributed by atoms with van der Waals surface area (Å²) >= 11 is 5.34. The number of carbonyl (C=O) groups is 3. The number of H-pyrrole nitrogens is 1. The Labute approximate surface area is 253 Å². The summed E-state index contributed by atoms with van der Waals surface area (Å²) in [6.45, 7) is 1.42. The summed E-state index contributed by atoms with van der Waals surface area (Å²) in [6.07, 6.45) is -4.67. The number of morpholine rings is 1. The Morgan fingerprint density at radius 1 is 1.10 bits per heavy atom. The van der Waals surface area contributed by atoms with Gasteiger partial charge in [-0.2, -0.15) is 13.2 Å². The second-order valence-electron chi connectivity index (χ2n) is 9.77. The summed E-state index contributed by atoms with van der Waals surface area (Å²) in [5, 5.41) is -0.616. The van der Waals surface area contributed by atoms with Gasteiger partial charge >= 0.3 is 11.0 Å². The van der Waals surface area contributed by atoms with E-state index < -0.39 is 40.6 Å². The van der Waals surface area contributed by atoms with Crippen LogP contribution in [-0.4, -0.2) is 65.8 Å². The number of amides is 3. The Morgan fingerprint density at radius 3 is 2.60 bits per heavy atom. The highest BCUT2D eigenvalue weighted by Crippen LogP contribution is 2.55. The average Bonchev–Trinajstić information content (AvgIpc) is 3.46. The largest absolute Gasteiger partial charge is 0.483 e. The van der Waals surface area contributed by atoms with Crippen molar-refractivity contribution in [3.05, 3.63) is 72.6 Å². The second kappa shape index (κ2) is 11.2. The van der Waals surface area contributed by atoms with Gasteiger partial charge < -0.3 is 19.4 Å². The number of thioether (sulfide) groups is 1. The molecule has 0 spiro atoms. The number of nitrogens with zero attached hydrogens (tertiary/aromatic N) is 2. The molecule has 2 saturated heterocycles. The predicted octanol–water partition coefficient (Wildman–Crippen LogP) is 4.25. The van der Waals surface area contributed by atoms with Gasteiger partial charge in [0, 0.05) is 33.9 Å². The summed E-state index contributed by atoms with van der Waals surface area (Å²) in [7, 11) is 0. The molecule has 2 unspecified atom stereocenters. The number of halogens is 4. The maximum absolute atomic E-state index is 14.0. The first-order valence-corrected chi connectivity index (χ1v) is 15.2. The van der Waals surface area contributed by atoms with Gasteiger partial charge in [0.2, 0.25) is 11.8 Å². The monoisotopic (exact) mass is 683 g/mol. The molecule has 3 aromatic rings. The zero-order valence-corrected chi connectivity index (χ0v) is 24.7. The summed E-state index contributed by atoms with van der Waals surface area (Å²) in [4.78, 5) is 58.1. The van der Waals surface area contributed by atoms with E-state index in [0.29, 0.717) is 46.2 Å². The average molecular weight is 685 g/mol. The lowest BCUT2D eigenvalue weighted by atomic mass is 9.82. The van der Waals surface area contributed by atoms with Crippen molar-refractivity contribution in [2.24, 2.45) is 5.92 Å². The van der Waals surface area contributed by atoms with E-state index in [1.807, 2.05) is 0 Å². The topological polar surface area (TPSA) is 109 Å². The van der Waals surface area contributed by atoms with Crippen LogP contribution in [0.25, 0.3) is 0 Å². The molecule has 0 radical (unpaired) electrons. The normalized spacial score (nSPS) is 22.2. The fourth-order valence-corrected chi connectivity index (χ4v) is 8.25. The molecule has 0 saturated carbocycles. The van der Waals surface area contributed by atoms with Crippen molar-refractivity contribution in [1.29, 1.82) is 0 Å². The molecule has 3 amide bonds. The van der Waals surface area contributed by atoms with Crippen molar-refractivity contribution < 1.29 is 37.0 Å². The first kappa shape index (κ1) is 29.0. The second-order valence-corrected chi connectivity index (χ2v) is 12.9. The first-order valence-electron chi connectivity index (χ1n) is 12.8. The smallest absolute Gasteiger partial charge is 0.416 e. The van der Waals surface area contributed by atoms with E-state index in [2.05, 4.69) is 20.9 Å². The van der Waals surface area contributed by atoms with E-state index in [1.165, 1.54) is 6.07 Å². The number of hydrogen-bond donors (Lipinski definition) is 1. The number of nitrogens with one attached hydrogen (secondary N) is 1. The van der Waals surface area contributed by atoms with Gasteiger partial charge in [0.1, 0.15) is 11.0 Å². The van der Waals surface area contributed by atoms with Crippen molar-refractivity contribution in [2.45, 2.75) is 22.4 Å². The highest BCUT2D eigenvalue weighted by Gasteiger charge is 2.57. The number of hydrogen-bond acceptors (Lipinski definition) is 8. The highest BCUT2D eigenvalue weighted by atomic mass is 79.9. The fraction of sp³-hybridized carbons (Fsp3) is 0.333. The predicted molar refractivity (Wildman–Crippen MR) is 151 cm³/mol. The zero-order chi connectivity index (χ0) is 29.8. The maximum Gasteiger partial charge on any atom is 0.416 e. The van der Waals surface area contributed by atoms with Crippen molar-refractivity contribution >= 4 is 62.4 Å². The van der Waals surface area contributed by atoms with Crippen LogP contribution in [0.3, 0.4) is 0 Å². The molecule has 4 heterocycles. The summed E-state index contributed by atoms with van der Waals surface area (Å²) < 4.78 is 52.3. The van der Waals surface area contributed by atoms with Gasteiger partial charge in [0.15, 0.2) is 6.61 Å². The molecule has 0 aliphatic carbocycles. The molecule has 0 bridgehead atoms. The lowest BCUT2D eigenvalue weighted by molar-refractivity contribution is -0.138. The van der Waals surface area contributed by atoms with Gasteiger partial charge in [0.05, 0.1) is 35.4 Å². The number of alkyl halides is 3. The number of aromatic amines is 1.